The van der Waals surface area contributed by atoms with Crippen molar-refractivity contribution < 1.29 is 9.63 Å². The molecule has 0 spiro atoms. The highest BCUT2D eigenvalue weighted by atomic mass is 32.2. The van der Waals surface area contributed by atoms with Crippen LogP contribution in [0.1, 0.15) is 31.9 Å². The molecule has 1 amide bonds. The molecule has 0 bridgehead atoms. The molecule has 0 aliphatic carbocycles. The van der Waals surface area contributed by atoms with Crippen LogP contribution >= 0.6 is 11.8 Å². The van der Waals surface area contributed by atoms with Gasteiger partial charge < -0.3 is 4.57 Å². The van der Waals surface area contributed by atoms with E-state index >= 15 is 0 Å². The van der Waals surface area contributed by atoms with Gasteiger partial charge in [-0.3, -0.25) is 9.63 Å². The largest absolute Gasteiger partial charge is 0.305 e. The summed E-state index contributed by atoms with van der Waals surface area (Å²) in [5.74, 6) is 0.752. The summed E-state index contributed by atoms with van der Waals surface area (Å²) in [6, 6.07) is 18.0. The number of nitrogens with one attached hydrogen (secondary N) is 1. The highest BCUT2D eigenvalue weighted by molar-refractivity contribution is 7.99. The van der Waals surface area contributed by atoms with Crippen molar-refractivity contribution in [1.82, 2.24) is 20.2 Å². The second-order valence-corrected chi connectivity index (χ2v) is 8.72. The smallest absolute Gasteiger partial charge is 0.254 e. The van der Waals surface area contributed by atoms with Gasteiger partial charge in [0.25, 0.3) is 5.91 Å². The number of thioether (sulfide) groups is 1. The minimum atomic E-state index is -0.218. The SMILES string of the molecule is Cn1c(SCC(=O)NOCc2ccccc2)nnc1-c1ccc(C(C)(C)C)cc1. The zero-order chi connectivity index (χ0) is 20.9. The number of aromatic nitrogens is 3. The maximum atomic E-state index is 12.0. The predicted octanol–water partition coefficient (Wildman–Crippen LogP) is 4.12. The number of nitrogens with zero attached hydrogens (tertiary/aromatic N) is 3. The second-order valence-electron chi connectivity index (χ2n) is 7.78. The third-order valence-corrected chi connectivity index (χ3v) is 5.46. The van der Waals surface area contributed by atoms with E-state index in [9.17, 15) is 4.79 Å². The summed E-state index contributed by atoms with van der Waals surface area (Å²) in [6.45, 7) is 6.89. The van der Waals surface area contributed by atoms with E-state index in [0.29, 0.717) is 11.8 Å². The van der Waals surface area contributed by atoms with E-state index < -0.39 is 0 Å². The Balaban J connectivity index is 1.53. The van der Waals surface area contributed by atoms with Crippen molar-refractivity contribution in [1.29, 1.82) is 0 Å². The number of hydroxylamine groups is 1. The summed E-state index contributed by atoms with van der Waals surface area (Å²) in [4.78, 5) is 17.3. The van der Waals surface area contributed by atoms with Gasteiger partial charge in [0.15, 0.2) is 11.0 Å². The average Bonchev–Trinajstić information content (AvgIpc) is 3.07. The molecule has 152 valence electrons. The molecule has 0 radical (unpaired) electrons. The molecular weight excluding hydrogens is 384 g/mol. The van der Waals surface area contributed by atoms with E-state index in [1.165, 1.54) is 17.3 Å². The monoisotopic (exact) mass is 410 g/mol. The number of hydrogen-bond acceptors (Lipinski definition) is 5. The van der Waals surface area contributed by atoms with Crippen LogP contribution in [0.25, 0.3) is 11.4 Å². The van der Waals surface area contributed by atoms with Crippen LogP contribution in [0.4, 0.5) is 0 Å². The Morgan fingerprint density at radius 1 is 1.07 bits per heavy atom. The maximum Gasteiger partial charge on any atom is 0.254 e. The van der Waals surface area contributed by atoms with Crippen molar-refractivity contribution in [2.24, 2.45) is 7.05 Å². The summed E-state index contributed by atoms with van der Waals surface area (Å²) in [7, 11) is 1.90. The van der Waals surface area contributed by atoms with Crippen LogP contribution in [0.2, 0.25) is 0 Å². The number of amides is 1. The highest BCUT2D eigenvalue weighted by Gasteiger charge is 2.16. The standard InChI is InChI=1S/C22H26N4O2S/c1-22(2,3)18-12-10-17(11-13-18)20-23-24-21(26(20)4)29-15-19(27)25-28-14-16-8-6-5-7-9-16/h5-13H,14-15H2,1-4H3,(H,25,27). The van der Waals surface area contributed by atoms with Gasteiger partial charge in [0, 0.05) is 12.6 Å². The lowest BCUT2D eigenvalue weighted by atomic mass is 9.87. The lowest BCUT2D eigenvalue weighted by Gasteiger charge is -2.19. The molecule has 3 aromatic rings. The van der Waals surface area contributed by atoms with Crippen LogP contribution in [-0.2, 0) is 28.7 Å². The van der Waals surface area contributed by atoms with E-state index in [0.717, 1.165) is 17.0 Å². The molecule has 0 saturated carbocycles. The zero-order valence-corrected chi connectivity index (χ0v) is 18.0. The lowest BCUT2D eigenvalue weighted by molar-refractivity contribution is -0.131. The van der Waals surface area contributed by atoms with Crippen LogP contribution in [0.5, 0.6) is 0 Å². The molecule has 0 aliphatic rings. The fourth-order valence-electron chi connectivity index (χ4n) is 2.74. The van der Waals surface area contributed by atoms with Gasteiger partial charge in [-0.05, 0) is 16.5 Å². The molecule has 0 unspecified atom stereocenters. The summed E-state index contributed by atoms with van der Waals surface area (Å²) in [5.41, 5.74) is 5.83. The molecule has 0 atom stereocenters. The van der Waals surface area contributed by atoms with E-state index in [4.69, 9.17) is 4.84 Å². The first kappa shape index (κ1) is 21.1. The summed E-state index contributed by atoms with van der Waals surface area (Å²) < 4.78 is 1.90. The Morgan fingerprint density at radius 3 is 2.41 bits per heavy atom. The van der Waals surface area contributed by atoms with Gasteiger partial charge in [0.1, 0.15) is 0 Å². The minimum absolute atomic E-state index is 0.107. The summed E-state index contributed by atoms with van der Waals surface area (Å²) in [5, 5.41) is 9.18. The molecule has 1 N–H and O–H groups in total. The fraction of sp³-hybridized carbons (Fsp3) is 0.318. The number of benzene rings is 2. The van der Waals surface area contributed by atoms with Gasteiger partial charge in [0.2, 0.25) is 0 Å². The van der Waals surface area contributed by atoms with Crippen LogP contribution in [0.15, 0.2) is 59.8 Å². The zero-order valence-electron chi connectivity index (χ0n) is 17.2. The van der Waals surface area contributed by atoms with Gasteiger partial charge in [-0.1, -0.05) is 87.1 Å². The average molecular weight is 411 g/mol. The molecule has 0 aliphatic heterocycles. The van der Waals surface area contributed by atoms with Gasteiger partial charge in [-0.15, -0.1) is 10.2 Å². The van der Waals surface area contributed by atoms with E-state index in [1.54, 1.807) is 0 Å². The molecule has 1 heterocycles. The van der Waals surface area contributed by atoms with Crippen LogP contribution in [-0.4, -0.2) is 26.4 Å². The van der Waals surface area contributed by atoms with Crippen LogP contribution in [0.3, 0.4) is 0 Å². The Labute approximate surface area is 175 Å². The molecule has 6 nitrogen and oxygen atoms in total. The lowest BCUT2D eigenvalue weighted by Crippen LogP contribution is -2.25. The predicted molar refractivity (Wildman–Crippen MR) is 115 cm³/mol. The first-order valence-electron chi connectivity index (χ1n) is 9.42. The molecule has 0 fully saturated rings. The Bertz CT molecular complexity index is 947. The quantitative estimate of drug-likeness (QED) is 0.469. The third-order valence-electron chi connectivity index (χ3n) is 4.44. The Kier molecular flexibility index (Phi) is 6.71. The van der Waals surface area contributed by atoms with Gasteiger partial charge >= 0.3 is 0 Å². The Morgan fingerprint density at radius 2 is 1.76 bits per heavy atom. The van der Waals surface area contributed by atoms with Crippen molar-refractivity contribution in [3.8, 4) is 11.4 Å². The molecule has 1 aromatic heterocycles. The van der Waals surface area contributed by atoms with Crippen LogP contribution in [0, 0.1) is 0 Å². The van der Waals surface area contributed by atoms with Crippen molar-refractivity contribution in [2.75, 3.05) is 5.75 Å². The molecule has 2 aromatic carbocycles. The van der Waals surface area contributed by atoms with E-state index in [1.807, 2.05) is 41.9 Å². The molecular formula is C22H26N4O2S. The maximum absolute atomic E-state index is 12.0. The first-order chi connectivity index (χ1) is 13.8. The van der Waals surface area contributed by atoms with Gasteiger partial charge in [0.05, 0.1) is 12.4 Å². The molecule has 7 heteroatoms. The summed E-state index contributed by atoms with van der Waals surface area (Å²) in [6.07, 6.45) is 0. The number of hydrogen-bond donors (Lipinski definition) is 1. The fourth-order valence-corrected chi connectivity index (χ4v) is 3.44. The molecule has 3 rings (SSSR count). The van der Waals surface area contributed by atoms with E-state index in [2.05, 4.69) is 60.7 Å². The first-order valence-corrected chi connectivity index (χ1v) is 10.4. The van der Waals surface area contributed by atoms with Gasteiger partial charge in [-0.2, -0.15) is 0 Å². The van der Waals surface area contributed by atoms with Crippen molar-refractivity contribution in [3.05, 3.63) is 65.7 Å². The van der Waals surface area contributed by atoms with Crippen molar-refractivity contribution in [2.45, 2.75) is 37.9 Å². The number of carbonyl (C=O) groups excluding carboxylic acids is 1. The second kappa shape index (κ2) is 9.24. The highest BCUT2D eigenvalue weighted by Crippen LogP contribution is 2.26. The van der Waals surface area contributed by atoms with Crippen molar-refractivity contribution in [3.63, 3.8) is 0 Å². The molecule has 0 saturated heterocycles. The third kappa shape index (κ3) is 5.68. The minimum Gasteiger partial charge on any atom is -0.305 e. The summed E-state index contributed by atoms with van der Waals surface area (Å²) >= 11 is 1.32. The van der Waals surface area contributed by atoms with Crippen LogP contribution < -0.4 is 5.48 Å². The number of rotatable bonds is 7. The Hall–Kier alpha value is -2.64. The normalized spacial score (nSPS) is 11.4. The topological polar surface area (TPSA) is 69.0 Å². The van der Waals surface area contributed by atoms with Gasteiger partial charge in [-0.25, -0.2) is 5.48 Å². The van der Waals surface area contributed by atoms with E-state index in [-0.39, 0.29) is 17.1 Å². The molecule has 29 heavy (non-hydrogen) atoms. The number of carbonyl (C=O) groups is 1. The van der Waals surface area contributed by atoms with Crippen molar-refractivity contribution >= 4 is 17.7 Å².